The maximum Gasteiger partial charge on any atom is 0.0577 e. The third kappa shape index (κ3) is 10.4. The van der Waals surface area contributed by atoms with Crippen molar-refractivity contribution >= 4 is 8.07 Å². The lowest BCUT2D eigenvalue weighted by atomic mass is 10.0. The van der Waals surface area contributed by atoms with Crippen molar-refractivity contribution in [1.82, 2.24) is 0 Å². The van der Waals surface area contributed by atoms with Crippen LogP contribution < -0.4 is 0 Å². The summed E-state index contributed by atoms with van der Waals surface area (Å²) in [4.78, 5) is 0. The summed E-state index contributed by atoms with van der Waals surface area (Å²) >= 11 is 0. The topological polar surface area (TPSA) is 20.2 Å². The number of aliphatic hydroxyl groups excluding tert-OH is 1. The van der Waals surface area contributed by atoms with Crippen LogP contribution in [0.2, 0.25) is 25.7 Å². The normalized spacial score (nSPS) is 13.8. The average molecular weight is 242 g/mol. The lowest BCUT2D eigenvalue weighted by Crippen LogP contribution is -2.21. The molecule has 96 valence electrons. The highest BCUT2D eigenvalue weighted by Gasteiger charge is 2.16. The minimum Gasteiger partial charge on any atom is -0.393 e. The van der Waals surface area contributed by atoms with Gasteiger partial charge in [-0.2, -0.15) is 0 Å². The maximum absolute atomic E-state index is 9.87. The third-order valence-electron chi connectivity index (χ3n) is 2.70. The second-order valence-corrected chi connectivity index (χ2v) is 11.7. The van der Waals surface area contributed by atoms with Crippen LogP contribution in [0.4, 0.5) is 0 Å². The van der Waals surface area contributed by atoms with Crippen LogP contribution in [0.3, 0.4) is 0 Å². The summed E-state index contributed by atoms with van der Waals surface area (Å²) in [5.41, 5.74) is 1.25. The van der Waals surface area contributed by atoms with E-state index in [4.69, 9.17) is 0 Å². The van der Waals surface area contributed by atoms with Gasteiger partial charge in [0.2, 0.25) is 0 Å². The Morgan fingerprint density at radius 3 is 2.31 bits per heavy atom. The fraction of sp³-hybridized carbons (Fsp3) is 0.857. The van der Waals surface area contributed by atoms with Crippen molar-refractivity contribution in [3.63, 3.8) is 0 Å². The molecule has 0 aromatic rings. The van der Waals surface area contributed by atoms with Gasteiger partial charge in [-0.15, -0.1) is 6.58 Å². The zero-order chi connectivity index (χ0) is 12.6. The smallest absolute Gasteiger partial charge is 0.0577 e. The van der Waals surface area contributed by atoms with Gasteiger partial charge in [-0.3, -0.25) is 0 Å². The van der Waals surface area contributed by atoms with E-state index in [0.717, 1.165) is 25.3 Å². The zero-order valence-electron chi connectivity index (χ0n) is 11.7. The van der Waals surface area contributed by atoms with Gasteiger partial charge in [-0.1, -0.05) is 57.8 Å². The third-order valence-corrected chi connectivity index (χ3v) is 4.26. The number of hydrogen-bond donors (Lipinski definition) is 1. The molecule has 1 N–H and O–H groups in total. The van der Waals surface area contributed by atoms with Gasteiger partial charge >= 0.3 is 0 Å². The van der Waals surface area contributed by atoms with Gasteiger partial charge < -0.3 is 5.11 Å². The number of hydrogen-bond acceptors (Lipinski definition) is 1. The van der Waals surface area contributed by atoms with E-state index in [2.05, 4.69) is 33.1 Å². The van der Waals surface area contributed by atoms with E-state index in [1.807, 2.05) is 0 Å². The molecule has 1 unspecified atom stereocenters. The molecule has 0 aromatic carbocycles. The Morgan fingerprint density at radius 1 is 1.19 bits per heavy atom. The minimum atomic E-state index is -1.04. The van der Waals surface area contributed by atoms with E-state index in [-0.39, 0.29) is 6.10 Å². The lowest BCUT2D eigenvalue weighted by molar-refractivity contribution is 0.161. The highest BCUT2D eigenvalue weighted by Crippen LogP contribution is 2.20. The molecular weight excluding hydrogens is 212 g/mol. The summed E-state index contributed by atoms with van der Waals surface area (Å²) in [6, 6.07) is 1.15. The Bertz CT molecular complexity index is 193. The molecule has 0 spiro atoms. The van der Waals surface area contributed by atoms with Crippen LogP contribution in [0.5, 0.6) is 0 Å². The molecule has 0 rings (SSSR count). The number of unbranched alkanes of at least 4 members (excludes halogenated alkanes) is 3. The SMILES string of the molecule is C=C(CC(O)CCCCCC)C[Si](C)(C)C. The van der Waals surface area contributed by atoms with E-state index in [1.165, 1.54) is 24.8 Å². The van der Waals surface area contributed by atoms with Gasteiger partial charge in [-0.05, 0) is 18.9 Å². The summed E-state index contributed by atoms with van der Waals surface area (Å²) in [5, 5.41) is 9.87. The van der Waals surface area contributed by atoms with Gasteiger partial charge in [0.05, 0.1) is 6.10 Å². The predicted octanol–water partition coefficient (Wildman–Crippen LogP) is 4.60. The predicted molar refractivity (Wildman–Crippen MR) is 76.7 cm³/mol. The summed E-state index contributed by atoms with van der Waals surface area (Å²) < 4.78 is 0. The first kappa shape index (κ1) is 15.9. The molecule has 16 heavy (non-hydrogen) atoms. The zero-order valence-corrected chi connectivity index (χ0v) is 12.7. The molecule has 0 amide bonds. The molecule has 0 saturated carbocycles. The Kier molecular flexibility index (Phi) is 8.03. The van der Waals surface area contributed by atoms with Crippen LogP contribution in [0.1, 0.15) is 45.4 Å². The number of aliphatic hydroxyl groups is 1. The monoisotopic (exact) mass is 242 g/mol. The summed E-state index contributed by atoms with van der Waals surface area (Å²) in [6.07, 6.45) is 6.59. The minimum absolute atomic E-state index is 0.152. The van der Waals surface area contributed by atoms with Crippen LogP contribution >= 0.6 is 0 Å². The Hall–Kier alpha value is -0.0831. The van der Waals surface area contributed by atoms with Crippen molar-refractivity contribution in [1.29, 1.82) is 0 Å². The molecule has 1 nitrogen and oxygen atoms in total. The standard InChI is InChI=1S/C14H30OSi/c1-6-7-8-9-10-14(15)11-13(2)12-16(3,4)5/h14-15H,2,6-12H2,1,3-5H3. The van der Waals surface area contributed by atoms with E-state index < -0.39 is 8.07 Å². The molecule has 0 saturated heterocycles. The van der Waals surface area contributed by atoms with Crippen LogP contribution in [0.25, 0.3) is 0 Å². The van der Waals surface area contributed by atoms with Gasteiger partial charge in [0.15, 0.2) is 0 Å². The second kappa shape index (κ2) is 8.07. The maximum atomic E-state index is 9.87. The Balaban J connectivity index is 3.62. The second-order valence-electron chi connectivity index (χ2n) is 6.19. The van der Waals surface area contributed by atoms with Gasteiger partial charge in [0.1, 0.15) is 0 Å². The Labute approximate surface area is 103 Å². The Morgan fingerprint density at radius 2 is 1.81 bits per heavy atom. The quantitative estimate of drug-likeness (QED) is 0.356. The van der Waals surface area contributed by atoms with E-state index >= 15 is 0 Å². The van der Waals surface area contributed by atoms with E-state index in [1.54, 1.807) is 0 Å². The van der Waals surface area contributed by atoms with Crippen molar-refractivity contribution < 1.29 is 5.11 Å². The largest absolute Gasteiger partial charge is 0.393 e. The van der Waals surface area contributed by atoms with Crippen molar-refractivity contribution in [2.24, 2.45) is 0 Å². The molecule has 0 aliphatic rings. The molecule has 0 heterocycles. The highest BCUT2D eigenvalue weighted by atomic mass is 28.3. The summed E-state index contributed by atoms with van der Waals surface area (Å²) in [6.45, 7) is 13.4. The first-order valence-electron chi connectivity index (χ1n) is 6.70. The van der Waals surface area contributed by atoms with Crippen LogP contribution in [0.15, 0.2) is 12.2 Å². The molecule has 2 heteroatoms. The van der Waals surface area contributed by atoms with E-state index in [0.29, 0.717) is 0 Å². The molecule has 1 atom stereocenters. The fourth-order valence-electron chi connectivity index (χ4n) is 2.06. The molecule has 0 radical (unpaired) electrons. The highest BCUT2D eigenvalue weighted by molar-refractivity contribution is 6.76. The molecule has 0 bridgehead atoms. The summed E-state index contributed by atoms with van der Waals surface area (Å²) in [7, 11) is -1.04. The number of rotatable bonds is 9. The van der Waals surface area contributed by atoms with Crippen molar-refractivity contribution in [3.8, 4) is 0 Å². The first-order chi connectivity index (χ1) is 7.35. The van der Waals surface area contributed by atoms with Crippen molar-refractivity contribution in [3.05, 3.63) is 12.2 Å². The van der Waals surface area contributed by atoms with Gasteiger partial charge in [-0.25, -0.2) is 0 Å². The van der Waals surface area contributed by atoms with Crippen molar-refractivity contribution in [2.45, 2.75) is 77.2 Å². The molecule has 0 aromatic heterocycles. The molecule has 0 fully saturated rings. The lowest BCUT2D eigenvalue weighted by Gasteiger charge is -2.19. The van der Waals surface area contributed by atoms with Gasteiger partial charge in [0, 0.05) is 8.07 Å². The molecule has 0 aliphatic heterocycles. The van der Waals surface area contributed by atoms with Crippen LogP contribution in [-0.4, -0.2) is 19.3 Å². The fourth-order valence-corrected chi connectivity index (χ4v) is 3.71. The van der Waals surface area contributed by atoms with Crippen LogP contribution in [0, 0.1) is 0 Å². The van der Waals surface area contributed by atoms with E-state index in [9.17, 15) is 5.11 Å². The van der Waals surface area contributed by atoms with Gasteiger partial charge in [0.25, 0.3) is 0 Å². The van der Waals surface area contributed by atoms with Crippen LogP contribution in [-0.2, 0) is 0 Å². The molecule has 0 aliphatic carbocycles. The first-order valence-corrected chi connectivity index (χ1v) is 10.4. The molecular formula is C14H30OSi. The summed E-state index contributed by atoms with van der Waals surface area (Å²) in [5.74, 6) is 0. The average Bonchev–Trinajstić information content (AvgIpc) is 2.09. The van der Waals surface area contributed by atoms with Crippen molar-refractivity contribution in [2.75, 3.05) is 0 Å².